The SMILES string of the molecule is CCC(C)c1ccc(S(=O)(=O)Nc2cccc(C#N)c2)cc1. The maximum Gasteiger partial charge on any atom is 0.261 e. The summed E-state index contributed by atoms with van der Waals surface area (Å²) in [6.07, 6.45) is 1.01. The molecule has 1 N–H and O–H groups in total. The molecule has 2 aromatic carbocycles. The second kappa shape index (κ2) is 6.63. The fraction of sp³-hybridized carbons (Fsp3) is 0.235. The molecule has 0 spiro atoms. The number of nitrogens with one attached hydrogen (secondary N) is 1. The third-order valence-corrected chi connectivity index (χ3v) is 5.01. The van der Waals surface area contributed by atoms with Crippen molar-refractivity contribution in [3.8, 4) is 6.07 Å². The number of rotatable bonds is 5. The molecule has 0 saturated carbocycles. The second-order valence-electron chi connectivity index (χ2n) is 5.18. The molecule has 0 aliphatic heterocycles. The van der Waals surface area contributed by atoms with Gasteiger partial charge >= 0.3 is 0 Å². The number of benzene rings is 2. The molecule has 0 radical (unpaired) electrons. The van der Waals surface area contributed by atoms with Gasteiger partial charge in [-0.1, -0.05) is 32.0 Å². The van der Waals surface area contributed by atoms with Crippen molar-refractivity contribution < 1.29 is 8.42 Å². The van der Waals surface area contributed by atoms with Gasteiger partial charge in [0, 0.05) is 0 Å². The fourth-order valence-electron chi connectivity index (χ4n) is 2.08. The summed E-state index contributed by atoms with van der Waals surface area (Å²) in [5.41, 5.74) is 1.91. The van der Waals surface area contributed by atoms with Crippen LogP contribution in [0.4, 0.5) is 5.69 Å². The highest BCUT2D eigenvalue weighted by Gasteiger charge is 2.15. The largest absolute Gasteiger partial charge is 0.280 e. The molecule has 114 valence electrons. The summed E-state index contributed by atoms with van der Waals surface area (Å²) in [6.45, 7) is 4.20. The van der Waals surface area contributed by atoms with Crippen LogP contribution in [0, 0.1) is 11.3 Å². The molecule has 1 atom stereocenters. The van der Waals surface area contributed by atoms with E-state index in [-0.39, 0.29) is 4.90 Å². The standard InChI is InChI=1S/C17H18N2O2S/c1-3-13(2)15-7-9-17(10-8-15)22(20,21)19-16-6-4-5-14(11-16)12-18/h4-11,13,19H,3H2,1-2H3. The summed E-state index contributed by atoms with van der Waals surface area (Å²) in [5, 5.41) is 8.86. The van der Waals surface area contributed by atoms with Crippen LogP contribution in [0.15, 0.2) is 53.4 Å². The fourth-order valence-corrected chi connectivity index (χ4v) is 3.13. The predicted octanol–water partition coefficient (Wildman–Crippen LogP) is 3.87. The van der Waals surface area contributed by atoms with Crippen molar-refractivity contribution in [1.82, 2.24) is 0 Å². The summed E-state index contributed by atoms with van der Waals surface area (Å²) < 4.78 is 27.2. The first-order valence-electron chi connectivity index (χ1n) is 7.09. The summed E-state index contributed by atoms with van der Waals surface area (Å²) in [6, 6.07) is 15.3. The van der Waals surface area contributed by atoms with E-state index < -0.39 is 10.0 Å². The maximum absolute atomic E-state index is 12.4. The van der Waals surface area contributed by atoms with Crippen molar-refractivity contribution in [2.45, 2.75) is 31.1 Å². The van der Waals surface area contributed by atoms with Crippen molar-refractivity contribution in [2.24, 2.45) is 0 Å². The van der Waals surface area contributed by atoms with Gasteiger partial charge in [0.25, 0.3) is 10.0 Å². The Morgan fingerprint density at radius 1 is 1.18 bits per heavy atom. The van der Waals surface area contributed by atoms with Gasteiger partial charge in [0.2, 0.25) is 0 Å². The molecule has 5 heteroatoms. The van der Waals surface area contributed by atoms with Crippen molar-refractivity contribution in [2.75, 3.05) is 4.72 Å². The highest BCUT2D eigenvalue weighted by Crippen LogP contribution is 2.22. The molecule has 0 aromatic heterocycles. The zero-order valence-electron chi connectivity index (χ0n) is 12.6. The molecule has 1 unspecified atom stereocenters. The summed E-state index contributed by atoms with van der Waals surface area (Å²) in [4.78, 5) is 0.210. The molecule has 0 saturated heterocycles. The molecule has 0 aliphatic carbocycles. The molecule has 2 aromatic rings. The normalized spacial score (nSPS) is 12.4. The molecule has 22 heavy (non-hydrogen) atoms. The minimum Gasteiger partial charge on any atom is -0.280 e. The van der Waals surface area contributed by atoms with Crippen molar-refractivity contribution in [3.05, 3.63) is 59.7 Å². The first-order valence-corrected chi connectivity index (χ1v) is 8.57. The van der Waals surface area contributed by atoms with Crippen LogP contribution in [0.5, 0.6) is 0 Å². The molecule has 0 amide bonds. The van der Waals surface area contributed by atoms with E-state index in [4.69, 9.17) is 5.26 Å². The van der Waals surface area contributed by atoms with Gasteiger partial charge < -0.3 is 0 Å². The number of hydrogen-bond donors (Lipinski definition) is 1. The first kappa shape index (κ1) is 16.1. The second-order valence-corrected chi connectivity index (χ2v) is 6.86. The van der Waals surface area contributed by atoms with E-state index in [1.807, 2.05) is 18.2 Å². The van der Waals surface area contributed by atoms with Crippen LogP contribution in [0.25, 0.3) is 0 Å². The van der Waals surface area contributed by atoms with E-state index in [1.165, 1.54) is 6.07 Å². The van der Waals surface area contributed by atoms with E-state index in [2.05, 4.69) is 18.6 Å². The number of sulfonamides is 1. The molecule has 0 aliphatic rings. The van der Waals surface area contributed by atoms with E-state index in [1.54, 1.807) is 30.3 Å². The van der Waals surface area contributed by atoms with Gasteiger partial charge in [-0.25, -0.2) is 8.42 Å². The van der Waals surface area contributed by atoms with Crippen LogP contribution in [0.2, 0.25) is 0 Å². The lowest BCUT2D eigenvalue weighted by Gasteiger charge is -2.11. The topological polar surface area (TPSA) is 70.0 Å². The van der Waals surface area contributed by atoms with Gasteiger partial charge in [0.05, 0.1) is 22.2 Å². The number of nitriles is 1. The Labute approximate surface area is 131 Å². The third kappa shape index (κ3) is 3.66. The van der Waals surface area contributed by atoms with E-state index in [0.717, 1.165) is 12.0 Å². The molecule has 4 nitrogen and oxygen atoms in total. The molecular formula is C17H18N2O2S. The van der Waals surface area contributed by atoms with Crippen LogP contribution in [0.1, 0.15) is 37.3 Å². The monoisotopic (exact) mass is 314 g/mol. The van der Waals surface area contributed by atoms with E-state index in [9.17, 15) is 8.42 Å². The minimum absolute atomic E-state index is 0.210. The van der Waals surface area contributed by atoms with Crippen molar-refractivity contribution in [3.63, 3.8) is 0 Å². The molecular weight excluding hydrogens is 296 g/mol. The maximum atomic E-state index is 12.4. The van der Waals surface area contributed by atoms with Gasteiger partial charge in [0.15, 0.2) is 0 Å². The number of nitrogens with zero attached hydrogens (tertiary/aromatic N) is 1. The zero-order chi connectivity index (χ0) is 16.2. The number of hydrogen-bond acceptors (Lipinski definition) is 3. The molecule has 0 fully saturated rings. The minimum atomic E-state index is -3.65. The third-order valence-electron chi connectivity index (χ3n) is 3.62. The van der Waals surface area contributed by atoms with Crippen LogP contribution in [-0.2, 0) is 10.0 Å². The Hall–Kier alpha value is -2.32. The van der Waals surface area contributed by atoms with Gasteiger partial charge in [-0.05, 0) is 48.2 Å². The van der Waals surface area contributed by atoms with Gasteiger partial charge in [-0.2, -0.15) is 5.26 Å². The smallest absolute Gasteiger partial charge is 0.261 e. The van der Waals surface area contributed by atoms with Crippen molar-refractivity contribution >= 4 is 15.7 Å². The van der Waals surface area contributed by atoms with Crippen molar-refractivity contribution in [1.29, 1.82) is 5.26 Å². The zero-order valence-corrected chi connectivity index (χ0v) is 13.4. The molecule has 2 rings (SSSR count). The van der Waals surface area contributed by atoms with Crippen LogP contribution < -0.4 is 4.72 Å². The first-order chi connectivity index (χ1) is 10.5. The summed E-state index contributed by atoms with van der Waals surface area (Å²) in [5.74, 6) is 0.400. The van der Waals surface area contributed by atoms with E-state index in [0.29, 0.717) is 17.2 Å². The van der Waals surface area contributed by atoms with Gasteiger partial charge in [-0.15, -0.1) is 0 Å². The lowest BCUT2D eigenvalue weighted by Crippen LogP contribution is -2.13. The summed E-state index contributed by atoms with van der Waals surface area (Å²) in [7, 11) is -3.65. The Kier molecular flexibility index (Phi) is 4.84. The average Bonchev–Trinajstić information content (AvgIpc) is 2.54. The quantitative estimate of drug-likeness (QED) is 0.910. The Morgan fingerprint density at radius 3 is 2.45 bits per heavy atom. The van der Waals surface area contributed by atoms with E-state index >= 15 is 0 Å². The lowest BCUT2D eigenvalue weighted by molar-refractivity contribution is 0.601. The van der Waals surface area contributed by atoms with Gasteiger partial charge in [0.1, 0.15) is 0 Å². The number of anilines is 1. The lowest BCUT2D eigenvalue weighted by atomic mass is 9.99. The van der Waals surface area contributed by atoms with Crippen LogP contribution >= 0.6 is 0 Å². The molecule has 0 heterocycles. The highest BCUT2D eigenvalue weighted by atomic mass is 32.2. The molecule has 0 bridgehead atoms. The predicted molar refractivity (Wildman–Crippen MR) is 87.1 cm³/mol. The summed E-state index contributed by atoms with van der Waals surface area (Å²) >= 11 is 0. The highest BCUT2D eigenvalue weighted by molar-refractivity contribution is 7.92. The van der Waals surface area contributed by atoms with Gasteiger partial charge in [-0.3, -0.25) is 4.72 Å². The van der Waals surface area contributed by atoms with Crippen LogP contribution in [0.3, 0.4) is 0 Å². The van der Waals surface area contributed by atoms with Crippen LogP contribution in [-0.4, -0.2) is 8.42 Å². The average molecular weight is 314 g/mol. The Balaban J connectivity index is 2.25. The Morgan fingerprint density at radius 2 is 1.86 bits per heavy atom. The Bertz CT molecular complexity index is 790.